The van der Waals surface area contributed by atoms with E-state index in [0.29, 0.717) is 12.8 Å². The number of nitrogens with two attached hydrogens (primary N) is 7. The fourth-order valence-electron chi connectivity index (χ4n) is 6.39. The van der Waals surface area contributed by atoms with Gasteiger partial charge in [0.25, 0.3) is 0 Å². The Balaban J connectivity index is 1.48. The quantitative estimate of drug-likeness (QED) is 0.109. The second-order valence-electron chi connectivity index (χ2n) is 12.1. The molecule has 0 aromatic heterocycles. The van der Waals surface area contributed by atoms with Crippen molar-refractivity contribution in [1.82, 2.24) is 0 Å². The monoisotopic (exact) mass is 609 g/mol. The summed E-state index contributed by atoms with van der Waals surface area (Å²) >= 11 is 0. The van der Waals surface area contributed by atoms with Crippen LogP contribution in [-0.4, -0.2) is 149 Å². The molecule has 0 radical (unpaired) electrons. The van der Waals surface area contributed by atoms with E-state index in [9.17, 15) is 25.5 Å². The van der Waals surface area contributed by atoms with Crippen LogP contribution in [0.15, 0.2) is 0 Å². The molecule has 0 bridgehead atoms. The van der Waals surface area contributed by atoms with Crippen molar-refractivity contribution in [1.29, 1.82) is 0 Å². The van der Waals surface area contributed by atoms with Gasteiger partial charge in [-0.1, -0.05) is 0 Å². The molecule has 0 spiro atoms. The third-order valence-corrected chi connectivity index (χ3v) is 9.14. The zero-order chi connectivity index (χ0) is 30.9. The molecule has 0 amide bonds. The lowest BCUT2D eigenvalue weighted by Gasteiger charge is -2.46. The third kappa shape index (κ3) is 7.08. The lowest BCUT2D eigenvalue weighted by Crippen LogP contribution is -2.65. The van der Waals surface area contributed by atoms with Crippen LogP contribution in [0.25, 0.3) is 0 Å². The molecule has 0 aromatic rings. The van der Waals surface area contributed by atoms with E-state index in [0.717, 1.165) is 0 Å². The van der Waals surface area contributed by atoms with Crippen molar-refractivity contribution in [2.24, 2.45) is 46.1 Å². The summed E-state index contributed by atoms with van der Waals surface area (Å²) in [6.45, 7) is -0.258. The molecular formula is C25H51N7O10. The first kappa shape index (κ1) is 34.2. The van der Waals surface area contributed by atoms with Crippen LogP contribution in [0.4, 0.5) is 0 Å². The van der Waals surface area contributed by atoms with Gasteiger partial charge in [0.15, 0.2) is 12.6 Å². The smallest absolute Gasteiger partial charge is 0.187 e. The van der Waals surface area contributed by atoms with Crippen molar-refractivity contribution in [2.75, 3.05) is 19.7 Å². The standard InChI is InChI=1S/C25H51N7O10/c26-5-8-3-14(16(32)19(36)17(8)34)38-22-15(7-33)40-25(20(22)37)42-23-18(35)10(29)4-11(30)21(23)41-24-9(28)1-2-13(39-24)12(31)6-27/h8-25,33-37H,1-7,26-32H2. The SMILES string of the molecule is NCC(N)C1CCC(N)C(OC2C(N)CC(N)C(O)C2OC2OC(CO)C(OC3CC(CN)C(O)C(O)C3N)C2O)O1. The highest BCUT2D eigenvalue weighted by Crippen LogP contribution is 2.35. The molecule has 4 aliphatic rings. The first-order valence-corrected chi connectivity index (χ1v) is 14.7. The van der Waals surface area contributed by atoms with Gasteiger partial charge in [0, 0.05) is 30.6 Å². The van der Waals surface area contributed by atoms with Gasteiger partial charge in [-0.3, -0.25) is 0 Å². The molecule has 42 heavy (non-hydrogen) atoms. The van der Waals surface area contributed by atoms with E-state index < -0.39 is 110 Å². The molecular weight excluding hydrogens is 558 g/mol. The van der Waals surface area contributed by atoms with E-state index in [2.05, 4.69) is 0 Å². The summed E-state index contributed by atoms with van der Waals surface area (Å²) < 4.78 is 30.2. The van der Waals surface area contributed by atoms with Crippen LogP contribution in [0.1, 0.15) is 25.7 Å². The predicted octanol–water partition coefficient (Wildman–Crippen LogP) is -6.85. The number of hydrogen-bond donors (Lipinski definition) is 12. The highest BCUT2D eigenvalue weighted by Gasteiger charge is 2.53. The summed E-state index contributed by atoms with van der Waals surface area (Å²) in [5.41, 5.74) is 42.5. The van der Waals surface area contributed by atoms with Crippen molar-refractivity contribution in [3.05, 3.63) is 0 Å². The Morgan fingerprint density at radius 2 is 1.40 bits per heavy atom. The lowest BCUT2D eigenvalue weighted by atomic mass is 9.79. The first-order valence-electron chi connectivity index (χ1n) is 14.7. The van der Waals surface area contributed by atoms with Crippen LogP contribution < -0.4 is 40.1 Å². The molecule has 19 N–H and O–H groups in total. The lowest BCUT2D eigenvalue weighted by molar-refractivity contribution is -0.289. The van der Waals surface area contributed by atoms with E-state index in [1.807, 2.05) is 0 Å². The van der Waals surface area contributed by atoms with Gasteiger partial charge in [0.05, 0.1) is 49.2 Å². The molecule has 17 nitrogen and oxygen atoms in total. The summed E-state index contributed by atoms with van der Waals surface area (Å²) in [6, 6.07) is -3.40. The molecule has 2 aliphatic carbocycles. The third-order valence-electron chi connectivity index (χ3n) is 9.14. The Morgan fingerprint density at radius 3 is 2.05 bits per heavy atom. The maximum Gasteiger partial charge on any atom is 0.187 e. The van der Waals surface area contributed by atoms with Crippen LogP contribution >= 0.6 is 0 Å². The normalized spacial score (nSPS) is 51.0. The van der Waals surface area contributed by atoms with Crippen LogP contribution in [0.5, 0.6) is 0 Å². The van der Waals surface area contributed by atoms with E-state index >= 15 is 0 Å². The number of hydrogen-bond acceptors (Lipinski definition) is 17. The Hall–Kier alpha value is -0.680. The summed E-state index contributed by atoms with van der Waals surface area (Å²) in [5.74, 6) is -0.491. The molecule has 246 valence electrons. The number of aliphatic hydroxyl groups excluding tert-OH is 5. The molecule has 18 atom stereocenters. The fourth-order valence-corrected chi connectivity index (χ4v) is 6.39. The molecule has 4 fully saturated rings. The number of rotatable bonds is 10. The van der Waals surface area contributed by atoms with E-state index in [1.165, 1.54) is 0 Å². The molecule has 2 saturated heterocycles. The number of aliphatic hydroxyl groups is 5. The summed E-state index contributed by atoms with van der Waals surface area (Å²) in [5, 5.41) is 52.9. The van der Waals surface area contributed by atoms with Crippen molar-refractivity contribution in [2.45, 2.75) is 130 Å². The Morgan fingerprint density at radius 1 is 0.714 bits per heavy atom. The minimum Gasteiger partial charge on any atom is -0.394 e. The Labute approximate surface area is 244 Å². The van der Waals surface area contributed by atoms with Gasteiger partial charge in [-0.05, 0) is 32.2 Å². The topological polar surface area (TPSA) is 329 Å². The average molecular weight is 610 g/mol. The highest BCUT2D eigenvalue weighted by atomic mass is 16.7. The minimum atomic E-state index is -1.46. The highest BCUT2D eigenvalue weighted by molar-refractivity contribution is 5.02. The van der Waals surface area contributed by atoms with E-state index in [4.69, 9.17) is 63.8 Å². The summed E-state index contributed by atoms with van der Waals surface area (Å²) in [7, 11) is 0. The van der Waals surface area contributed by atoms with Crippen molar-refractivity contribution >= 4 is 0 Å². The van der Waals surface area contributed by atoms with Crippen molar-refractivity contribution in [3.63, 3.8) is 0 Å². The van der Waals surface area contributed by atoms with Gasteiger partial charge in [-0.15, -0.1) is 0 Å². The predicted molar refractivity (Wildman–Crippen MR) is 147 cm³/mol. The average Bonchev–Trinajstić information content (AvgIpc) is 3.27. The van der Waals surface area contributed by atoms with Gasteiger partial charge in [0.2, 0.25) is 0 Å². The van der Waals surface area contributed by atoms with E-state index in [1.54, 1.807) is 0 Å². The molecule has 2 aliphatic heterocycles. The molecule has 2 saturated carbocycles. The van der Waals surface area contributed by atoms with Gasteiger partial charge in [-0.25, -0.2) is 0 Å². The van der Waals surface area contributed by atoms with Gasteiger partial charge < -0.3 is 89.4 Å². The van der Waals surface area contributed by atoms with Gasteiger partial charge in [0.1, 0.15) is 30.5 Å². The van der Waals surface area contributed by atoms with Gasteiger partial charge >= 0.3 is 0 Å². The first-order chi connectivity index (χ1) is 19.9. The molecule has 0 aromatic carbocycles. The van der Waals surface area contributed by atoms with E-state index in [-0.39, 0.29) is 32.0 Å². The zero-order valence-electron chi connectivity index (χ0n) is 23.7. The Kier molecular flexibility index (Phi) is 11.9. The van der Waals surface area contributed by atoms with Crippen molar-refractivity contribution < 1.29 is 49.2 Å². The summed E-state index contributed by atoms with van der Waals surface area (Å²) in [6.07, 6.45) is -11.5. The second-order valence-corrected chi connectivity index (χ2v) is 12.1. The molecule has 2 heterocycles. The van der Waals surface area contributed by atoms with Crippen LogP contribution in [0.2, 0.25) is 0 Å². The Bertz CT molecular complexity index is 853. The van der Waals surface area contributed by atoms with Crippen LogP contribution in [-0.2, 0) is 23.7 Å². The van der Waals surface area contributed by atoms with Crippen molar-refractivity contribution in [3.8, 4) is 0 Å². The minimum absolute atomic E-state index is 0.0818. The van der Waals surface area contributed by atoms with Crippen LogP contribution in [0, 0.1) is 5.92 Å². The molecule has 18 unspecified atom stereocenters. The molecule has 4 rings (SSSR count). The maximum absolute atomic E-state index is 11.2. The zero-order valence-corrected chi connectivity index (χ0v) is 23.7. The summed E-state index contributed by atoms with van der Waals surface area (Å²) in [4.78, 5) is 0. The maximum atomic E-state index is 11.2. The largest absolute Gasteiger partial charge is 0.394 e. The number of ether oxygens (including phenoxy) is 5. The fraction of sp³-hybridized carbons (Fsp3) is 1.00. The molecule has 17 heteroatoms. The second kappa shape index (κ2) is 14.6. The van der Waals surface area contributed by atoms with Crippen LogP contribution in [0.3, 0.4) is 0 Å². The van der Waals surface area contributed by atoms with Gasteiger partial charge in [-0.2, -0.15) is 0 Å².